The summed E-state index contributed by atoms with van der Waals surface area (Å²) in [6.07, 6.45) is -0.789. The van der Waals surface area contributed by atoms with Crippen molar-refractivity contribution in [3.05, 3.63) is 29.6 Å². The third kappa shape index (κ3) is 4.79. The normalized spacial score (nSPS) is 13.7. The first-order valence-corrected chi connectivity index (χ1v) is 6.44. The van der Waals surface area contributed by atoms with Crippen molar-refractivity contribution in [3.8, 4) is 5.75 Å². The average Bonchev–Trinajstić information content (AvgIpc) is 2.40. The molecule has 0 heterocycles. The maximum Gasteiger partial charge on any atom is 0.260 e. The minimum absolute atomic E-state index is 0.0313. The molecule has 1 rings (SSSR count). The van der Waals surface area contributed by atoms with E-state index in [4.69, 9.17) is 15.2 Å². The van der Waals surface area contributed by atoms with Gasteiger partial charge >= 0.3 is 0 Å². The van der Waals surface area contributed by atoms with E-state index in [-0.39, 0.29) is 17.7 Å². The van der Waals surface area contributed by atoms with Gasteiger partial charge in [-0.05, 0) is 31.5 Å². The van der Waals surface area contributed by atoms with Gasteiger partial charge in [0.25, 0.3) is 5.91 Å². The van der Waals surface area contributed by atoms with Crippen molar-refractivity contribution in [1.29, 1.82) is 0 Å². The molecule has 0 saturated heterocycles. The second-order valence-corrected chi connectivity index (χ2v) is 4.52. The van der Waals surface area contributed by atoms with Gasteiger partial charge in [-0.1, -0.05) is 6.07 Å². The number of hydrogen-bond donors (Lipinski definition) is 2. The number of ether oxygens (including phenoxy) is 2. The van der Waals surface area contributed by atoms with Crippen molar-refractivity contribution in [1.82, 2.24) is 5.32 Å². The molecule has 1 amide bonds. The molecule has 6 heteroatoms. The Morgan fingerprint density at radius 3 is 2.70 bits per heavy atom. The predicted molar refractivity (Wildman–Crippen MR) is 74.0 cm³/mol. The Hall–Kier alpha value is -1.66. The number of halogens is 1. The Balaban J connectivity index is 2.61. The number of methoxy groups -OCH3 is 1. The quantitative estimate of drug-likeness (QED) is 0.742. The second-order valence-electron chi connectivity index (χ2n) is 4.52. The topological polar surface area (TPSA) is 73.6 Å². The maximum atomic E-state index is 13.8. The van der Waals surface area contributed by atoms with Crippen LogP contribution in [0, 0.1) is 5.82 Å². The highest BCUT2D eigenvalue weighted by molar-refractivity contribution is 5.80. The molecule has 1 unspecified atom stereocenters. The van der Waals surface area contributed by atoms with E-state index in [1.54, 1.807) is 27.0 Å². The summed E-state index contributed by atoms with van der Waals surface area (Å²) < 4.78 is 23.9. The molecule has 0 aliphatic carbocycles. The molecule has 0 radical (unpaired) electrons. The molecular formula is C14H21FN2O3. The Morgan fingerprint density at radius 2 is 2.15 bits per heavy atom. The van der Waals surface area contributed by atoms with Crippen LogP contribution >= 0.6 is 0 Å². The van der Waals surface area contributed by atoms with Crippen LogP contribution in [0.1, 0.15) is 25.5 Å². The van der Waals surface area contributed by atoms with Gasteiger partial charge in [-0.2, -0.15) is 0 Å². The van der Waals surface area contributed by atoms with Crippen LogP contribution in [0.2, 0.25) is 0 Å². The van der Waals surface area contributed by atoms with E-state index < -0.39 is 11.9 Å². The van der Waals surface area contributed by atoms with Gasteiger partial charge in [0, 0.05) is 19.7 Å². The van der Waals surface area contributed by atoms with Crippen molar-refractivity contribution in [2.45, 2.75) is 26.0 Å². The first-order valence-electron chi connectivity index (χ1n) is 6.44. The van der Waals surface area contributed by atoms with Crippen molar-refractivity contribution in [2.24, 2.45) is 5.73 Å². The molecule has 5 nitrogen and oxygen atoms in total. The van der Waals surface area contributed by atoms with Gasteiger partial charge < -0.3 is 20.5 Å². The van der Waals surface area contributed by atoms with Crippen LogP contribution in [-0.4, -0.2) is 32.3 Å². The SMILES string of the molecule is COCCNC(=O)C(C)Oc1ccc([C@@H](C)N)cc1F. The minimum atomic E-state index is -0.789. The van der Waals surface area contributed by atoms with Crippen molar-refractivity contribution < 1.29 is 18.7 Å². The van der Waals surface area contributed by atoms with Crippen LogP contribution in [0.5, 0.6) is 5.75 Å². The maximum absolute atomic E-state index is 13.8. The summed E-state index contributed by atoms with van der Waals surface area (Å²) >= 11 is 0. The van der Waals surface area contributed by atoms with Crippen LogP contribution in [0.15, 0.2) is 18.2 Å². The molecule has 112 valence electrons. The van der Waals surface area contributed by atoms with Gasteiger partial charge in [-0.25, -0.2) is 4.39 Å². The summed E-state index contributed by atoms with van der Waals surface area (Å²) in [4.78, 5) is 11.7. The minimum Gasteiger partial charge on any atom is -0.478 e. The monoisotopic (exact) mass is 284 g/mol. The molecule has 3 N–H and O–H groups in total. The van der Waals surface area contributed by atoms with E-state index in [9.17, 15) is 9.18 Å². The highest BCUT2D eigenvalue weighted by Gasteiger charge is 2.16. The zero-order valence-corrected chi connectivity index (χ0v) is 12.0. The Bertz CT molecular complexity index is 452. The molecule has 0 aliphatic heterocycles. The van der Waals surface area contributed by atoms with Crippen LogP contribution < -0.4 is 15.8 Å². The van der Waals surface area contributed by atoms with Gasteiger partial charge in [0.1, 0.15) is 0 Å². The Morgan fingerprint density at radius 1 is 1.45 bits per heavy atom. The van der Waals surface area contributed by atoms with Crippen molar-refractivity contribution >= 4 is 5.91 Å². The summed E-state index contributed by atoms with van der Waals surface area (Å²) in [6, 6.07) is 4.22. The number of nitrogens with one attached hydrogen (secondary N) is 1. The zero-order chi connectivity index (χ0) is 15.1. The molecule has 1 aromatic carbocycles. The summed E-state index contributed by atoms with van der Waals surface area (Å²) in [7, 11) is 1.54. The standard InChI is InChI=1S/C14H21FN2O3/c1-9(16)11-4-5-13(12(15)8-11)20-10(2)14(18)17-6-7-19-3/h4-5,8-10H,6-7,16H2,1-3H3,(H,17,18)/t9-,10?/m1/s1. The Kier molecular flexibility index (Phi) is 6.41. The van der Waals surface area contributed by atoms with Gasteiger partial charge in [0.15, 0.2) is 17.7 Å². The van der Waals surface area contributed by atoms with Crippen molar-refractivity contribution in [2.75, 3.05) is 20.3 Å². The number of hydrogen-bond acceptors (Lipinski definition) is 4. The van der Waals surface area contributed by atoms with E-state index in [1.807, 2.05) is 0 Å². The number of amides is 1. The van der Waals surface area contributed by atoms with E-state index in [0.717, 1.165) is 0 Å². The van der Waals surface area contributed by atoms with Gasteiger partial charge in [0.2, 0.25) is 0 Å². The fourth-order valence-corrected chi connectivity index (χ4v) is 1.56. The molecule has 20 heavy (non-hydrogen) atoms. The van der Waals surface area contributed by atoms with Crippen molar-refractivity contribution in [3.63, 3.8) is 0 Å². The Labute approximate surface area is 118 Å². The van der Waals surface area contributed by atoms with Crippen LogP contribution in [0.25, 0.3) is 0 Å². The molecule has 0 bridgehead atoms. The summed E-state index contributed by atoms with van der Waals surface area (Å²) in [5.41, 5.74) is 6.34. The zero-order valence-electron chi connectivity index (χ0n) is 12.0. The lowest BCUT2D eigenvalue weighted by atomic mass is 10.1. The fourth-order valence-electron chi connectivity index (χ4n) is 1.56. The fraction of sp³-hybridized carbons (Fsp3) is 0.500. The summed E-state index contributed by atoms with van der Waals surface area (Å²) in [5, 5.41) is 2.62. The van der Waals surface area contributed by atoms with Crippen LogP contribution in [0.3, 0.4) is 0 Å². The van der Waals surface area contributed by atoms with E-state index in [0.29, 0.717) is 18.7 Å². The predicted octanol–water partition coefficient (Wildman–Crippen LogP) is 1.38. The van der Waals surface area contributed by atoms with E-state index >= 15 is 0 Å². The van der Waals surface area contributed by atoms with Gasteiger partial charge in [-0.15, -0.1) is 0 Å². The lowest BCUT2D eigenvalue weighted by molar-refractivity contribution is -0.127. The molecule has 1 aromatic rings. The third-order valence-corrected chi connectivity index (χ3v) is 2.76. The highest BCUT2D eigenvalue weighted by atomic mass is 19.1. The number of rotatable bonds is 7. The molecule has 2 atom stereocenters. The van der Waals surface area contributed by atoms with Crippen LogP contribution in [0.4, 0.5) is 4.39 Å². The second kappa shape index (κ2) is 7.81. The third-order valence-electron chi connectivity index (χ3n) is 2.76. The van der Waals surface area contributed by atoms with Crippen LogP contribution in [-0.2, 0) is 9.53 Å². The molecule has 0 saturated carbocycles. The smallest absolute Gasteiger partial charge is 0.260 e. The largest absolute Gasteiger partial charge is 0.478 e. The average molecular weight is 284 g/mol. The van der Waals surface area contributed by atoms with E-state index in [2.05, 4.69) is 5.32 Å². The molecule has 0 aliphatic rings. The first-order chi connectivity index (χ1) is 9.45. The molecule has 0 spiro atoms. The lowest BCUT2D eigenvalue weighted by Gasteiger charge is -2.16. The highest BCUT2D eigenvalue weighted by Crippen LogP contribution is 2.22. The van der Waals surface area contributed by atoms with Gasteiger partial charge in [-0.3, -0.25) is 4.79 Å². The van der Waals surface area contributed by atoms with Gasteiger partial charge in [0.05, 0.1) is 6.61 Å². The number of nitrogens with two attached hydrogens (primary N) is 1. The first kappa shape index (κ1) is 16.4. The lowest BCUT2D eigenvalue weighted by Crippen LogP contribution is -2.38. The molecule has 0 aromatic heterocycles. The summed E-state index contributed by atoms with van der Waals surface area (Å²) in [6.45, 7) is 4.12. The molecular weight excluding hydrogens is 263 g/mol. The number of benzene rings is 1. The number of carbonyl (C=O) groups excluding carboxylic acids is 1. The molecule has 0 fully saturated rings. The summed E-state index contributed by atoms with van der Waals surface area (Å²) in [5.74, 6) is -0.821. The number of carbonyl (C=O) groups is 1. The van der Waals surface area contributed by atoms with E-state index in [1.165, 1.54) is 12.1 Å².